The van der Waals surface area contributed by atoms with Crippen LogP contribution in [0.1, 0.15) is 80.3 Å². The first kappa shape index (κ1) is 41.1. The SMILES string of the molecule is [2H]c1c(-c2cccc(C([2H])([2H])[2H])c2)c(-n2[c](=[Pt])n(-c3[c-]c(Oc4nc(N5B6c7ccccc7-c7c(cccc7C([2H])([2H])[2H])N6c6ccc[c-]c65)cc(C([2H])([2H])[2H])c4-c4ccccc4)ccc3)c3ccccc32)c(-c2cc(-c3ccccc3)cc(C(C)(C)C)c2)c([2H])c1C([2H])([2H])C(C)C. The number of pyridine rings is 1. The van der Waals surface area contributed by atoms with E-state index < -0.39 is 45.2 Å². The van der Waals surface area contributed by atoms with Gasteiger partial charge in [-0.25, -0.2) is 0 Å². The molecule has 12 aromatic rings. The molecule has 0 unspecified atom stereocenters. The summed E-state index contributed by atoms with van der Waals surface area (Å²) in [6, 6.07) is 71.2. The van der Waals surface area contributed by atoms with Crippen molar-refractivity contribution in [3.63, 3.8) is 0 Å². The van der Waals surface area contributed by atoms with Gasteiger partial charge in [0, 0.05) is 15.4 Å². The Kier molecular flexibility index (Phi) is 10.4. The summed E-state index contributed by atoms with van der Waals surface area (Å²) in [6.45, 7) is 1.33. The first-order valence-electron chi connectivity index (χ1n) is 34.8. The molecular formula is C77H64BN5OPt-2. The predicted octanol–water partition coefficient (Wildman–Crippen LogP) is 19.0. The van der Waals surface area contributed by atoms with Gasteiger partial charge in [0.15, 0.2) is 0 Å². The van der Waals surface area contributed by atoms with Gasteiger partial charge in [-0.05, 0) is 24.0 Å². The molecule has 0 atom stereocenters. The molecule has 2 aliphatic rings. The van der Waals surface area contributed by atoms with Crippen LogP contribution in [-0.2, 0) is 31.1 Å². The second kappa shape index (κ2) is 21.6. The average Bonchev–Trinajstić information content (AvgIpc) is 1.48. The molecule has 0 fully saturated rings. The van der Waals surface area contributed by atoms with Gasteiger partial charge in [-0.15, -0.1) is 6.07 Å². The number of hydrogen-bond acceptors (Lipinski definition) is 4. The minimum absolute atomic E-state index is 0.0171. The van der Waals surface area contributed by atoms with Crippen LogP contribution in [-0.4, -0.2) is 21.1 Å². The third-order valence-corrected chi connectivity index (χ3v) is 16.8. The monoisotopic (exact) mass is 1290 g/mol. The normalized spacial score (nSPS) is 15.5. The average molecular weight is 1290 g/mol. The molecule has 0 aliphatic carbocycles. The van der Waals surface area contributed by atoms with E-state index in [0.29, 0.717) is 76.7 Å². The summed E-state index contributed by atoms with van der Waals surface area (Å²) < 4.78 is 132. The zero-order chi connectivity index (χ0) is 69.3. The minimum atomic E-state index is -2.74. The van der Waals surface area contributed by atoms with Crippen LogP contribution in [0.4, 0.5) is 22.9 Å². The first-order chi connectivity index (χ1) is 46.5. The second-order valence-corrected chi connectivity index (χ2v) is 23.8. The Bertz CT molecular complexity index is 5230. The topological polar surface area (TPSA) is 38.5 Å². The van der Waals surface area contributed by atoms with E-state index in [1.54, 1.807) is 80.6 Å². The van der Waals surface area contributed by atoms with Crippen LogP contribution in [0.5, 0.6) is 11.6 Å². The molecule has 0 saturated carbocycles. The Labute approximate surface area is 529 Å². The second-order valence-electron chi connectivity index (χ2n) is 22.8. The number of ether oxygens (including phenoxy) is 1. The molecule has 6 nitrogen and oxygen atoms in total. The van der Waals surface area contributed by atoms with E-state index in [9.17, 15) is 9.60 Å². The van der Waals surface area contributed by atoms with Crippen LogP contribution in [0.3, 0.4) is 0 Å². The molecular weight excluding hydrogens is 1220 g/mol. The predicted molar refractivity (Wildman–Crippen MR) is 349 cm³/mol. The summed E-state index contributed by atoms with van der Waals surface area (Å²) in [4.78, 5) is 9.37. The first-order valence-corrected chi connectivity index (χ1v) is 29.5. The molecule has 2 aromatic heterocycles. The number of imidazole rings is 1. The number of aryl methyl sites for hydroxylation is 3. The van der Waals surface area contributed by atoms with Crippen LogP contribution in [0.15, 0.2) is 224 Å². The number of nitrogens with zero attached hydrogens (tertiary/aromatic N) is 5. The number of anilines is 4. The fraction of sp³-hybridized carbons (Fsp3) is 0.143. The van der Waals surface area contributed by atoms with Crippen molar-refractivity contribution in [2.24, 2.45) is 5.92 Å². The number of hydrogen-bond donors (Lipinski definition) is 0. The Balaban J connectivity index is 1.01. The molecule has 0 amide bonds. The van der Waals surface area contributed by atoms with E-state index in [4.69, 9.17) is 17.9 Å². The third kappa shape index (κ3) is 9.60. The Morgan fingerprint density at radius 2 is 1.29 bits per heavy atom. The van der Waals surface area contributed by atoms with Crippen molar-refractivity contribution < 1.29 is 41.9 Å². The van der Waals surface area contributed by atoms with E-state index in [-0.39, 0.29) is 62.9 Å². The summed E-state index contributed by atoms with van der Waals surface area (Å²) in [7, 11) is 0. The molecule has 8 heteroatoms. The van der Waals surface area contributed by atoms with Gasteiger partial charge < -0.3 is 0 Å². The summed E-state index contributed by atoms with van der Waals surface area (Å²) >= 11 is 2.23. The van der Waals surface area contributed by atoms with Crippen molar-refractivity contribution in [1.29, 1.82) is 0 Å². The van der Waals surface area contributed by atoms with Crippen molar-refractivity contribution >= 4 is 46.4 Å². The standard InChI is InChI=1S/C77H64BN5O.Pt/c1-50(2)40-54-43-64(57-30-21-24-51(3)41-57)75(65(44-54)59-45-58(55-26-11-9-12-27-55)46-60(47-59)77(6,7)8)81-49-80(67-35-17-18-36-68(67)81)61-31-23-32-62(48-61)84-76-73(56-28-13-10-14-29-56)53(5)42-72(79-76)83-70-38-20-19-37-69(70)82-71-39-22-25-52(4)74(71)63-33-15-16-34-66(63)78(82)83;/h9-37,39,41-47,50H,40H2,1-8H3;/q-2;/i3D3,4D3,5D3,40D2,43D,44D;. The number of aromatic nitrogens is 3. The zero-order valence-electron chi connectivity index (χ0n) is 60.3. The molecule has 0 saturated heterocycles. The summed E-state index contributed by atoms with van der Waals surface area (Å²) in [6.07, 6.45) is -2.24. The molecule has 2 aliphatic heterocycles. The Hall–Kier alpha value is -9.03. The number of fused-ring (bicyclic) bond motifs is 9. The molecule has 4 heterocycles. The van der Waals surface area contributed by atoms with Gasteiger partial charge in [0.1, 0.15) is 0 Å². The van der Waals surface area contributed by atoms with Crippen LogP contribution in [0.2, 0.25) is 0 Å². The molecule has 0 bridgehead atoms. The van der Waals surface area contributed by atoms with Crippen molar-refractivity contribution in [3.05, 3.63) is 268 Å². The van der Waals surface area contributed by atoms with Gasteiger partial charge in [0.25, 0.3) is 0 Å². The summed E-state index contributed by atoms with van der Waals surface area (Å²) in [5.41, 5.74) is 10.5. The van der Waals surface area contributed by atoms with Crippen molar-refractivity contribution in [2.75, 3.05) is 9.62 Å². The quantitative estimate of drug-likeness (QED) is 0.0956. The van der Waals surface area contributed by atoms with Crippen LogP contribution in [0.25, 0.3) is 78.0 Å². The maximum absolute atomic E-state index is 10.6. The zero-order valence-corrected chi connectivity index (χ0v) is 49.6. The Morgan fingerprint density at radius 3 is 2.06 bits per heavy atom. The van der Waals surface area contributed by atoms with Gasteiger partial charge in [0.05, 0.1) is 0 Å². The van der Waals surface area contributed by atoms with E-state index >= 15 is 0 Å². The van der Waals surface area contributed by atoms with Crippen LogP contribution >= 0.6 is 0 Å². The van der Waals surface area contributed by atoms with Crippen LogP contribution < -0.4 is 19.8 Å². The molecule has 14 rings (SSSR count). The van der Waals surface area contributed by atoms with Gasteiger partial charge in [-0.1, -0.05) is 36.4 Å². The molecule has 0 radical (unpaired) electrons. The molecule has 10 aromatic carbocycles. The number of para-hydroxylation sites is 3. The fourth-order valence-electron chi connectivity index (χ4n) is 12.0. The summed E-state index contributed by atoms with van der Waals surface area (Å²) in [5.74, 6) is -0.381. The van der Waals surface area contributed by atoms with E-state index in [1.807, 2.05) is 147 Å². The molecule has 0 N–H and O–H groups in total. The van der Waals surface area contributed by atoms with Gasteiger partial charge in [-0.3, -0.25) is 0 Å². The van der Waals surface area contributed by atoms with Gasteiger partial charge in [0.2, 0.25) is 0 Å². The third-order valence-electron chi connectivity index (χ3n) is 15.8. The van der Waals surface area contributed by atoms with Gasteiger partial charge >= 0.3 is 438 Å². The van der Waals surface area contributed by atoms with Crippen molar-refractivity contribution in [2.45, 2.75) is 67.0 Å². The molecule has 85 heavy (non-hydrogen) atoms. The van der Waals surface area contributed by atoms with Crippen molar-refractivity contribution in [3.8, 4) is 78.6 Å². The van der Waals surface area contributed by atoms with E-state index in [2.05, 4.69) is 63.1 Å². The number of rotatable bonds is 11. The maximum atomic E-state index is 10.6. The Morgan fingerprint density at radius 1 is 0.612 bits per heavy atom. The number of benzene rings is 10. The van der Waals surface area contributed by atoms with Crippen LogP contribution in [0, 0.1) is 42.4 Å². The van der Waals surface area contributed by atoms with E-state index in [0.717, 1.165) is 22.2 Å². The fourth-order valence-corrected chi connectivity index (χ4v) is 13.1. The molecule has 418 valence electrons. The summed E-state index contributed by atoms with van der Waals surface area (Å²) in [5, 5.41) is 0. The molecule has 0 spiro atoms. The van der Waals surface area contributed by atoms with Gasteiger partial charge in [-0.2, -0.15) is 12.1 Å². The van der Waals surface area contributed by atoms with Crippen molar-refractivity contribution in [1.82, 2.24) is 14.1 Å². The van der Waals surface area contributed by atoms with E-state index in [1.165, 1.54) is 6.07 Å².